The van der Waals surface area contributed by atoms with Crippen LogP contribution in [0.5, 0.6) is 0 Å². The molecule has 34 heavy (non-hydrogen) atoms. The van der Waals surface area contributed by atoms with Gasteiger partial charge in [-0.15, -0.1) is 18.9 Å². The van der Waals surface area contributed by atoms with Crippen LogP contribution in [0.1, 0.15) is 59.3 Å². The summed E-state index contributed by atoms with van der Waals surface area (Å²) in [5, 5.41) is 5.22. The first-order valence-corrected chi connectivity index (χ1v) is 12.2. The lowest BCUT2D eigenvalue weighted by Gasteiger charge is -2.34. The highest BCUT2D eigenvalue weighted by molar-refractivity contribution is 6.38. The second kappa shape index (κ2) is 9.91. The molecule has 3 rings (SSSR count). The summed E-state index contributed by atoms with van der Waals surface area (Å²) >= 11 is 0. The molecule has 0 radical (unpaired) electrons. The molecular formula is C26H38N4O4. The lowest BCUT2D eigenvalue weighted by Crippen LogP contribution is -2.58. The van der Waals surface area contributed by atoms with Crippen molar-refractivity contribution in [3.05, 3.63) is 12.7 Å². The molecule has 3 fully saturated rings. The van der Waals surface area contributed by atoms with Gasteiger partial charge in [0.25, 0.3) is 5.91 Å². The van der Waals surface area contributed by atoms with Crippen molar-refractivity contribution in [3.8, 4) is 12.3 Å². The molecule has 186 valence electrons. The van der Waals surface area contributed by atoms with Crippen LogP contribution in [0.3, 0.4) is 0 Å². The van der Waals surface area contributed by atoms with Crippen molar-refractivity contribution >= 4 is 23.5 Å². The number of rotatable bonds is 9. The van der Waals surface area contributed by atoms with Crippen molar-refractivity contribution in [1.29, 1.82) is 0 Å². The van der Waals surface area contributed by atoms with E-state index in [2.05, 4.69) is 23.1 Å². The van der Waals surface area contributed by atoms with E-state index in [4.69, 9.17) is 12.2 Å². The number of hydrogen-bond donors (Lipinski definition) is 3. The molecule has 0 aromatic heterocycles. The highest BCUT2D eigenvalue weighted by Crippen LogP contribution is 2.66. The molecular weight excluding hydrogens is 432 g/mol. The van der Waals surface area contributed by atoms with Gasteiger partial charge in [-0.1, -0.05) is 26.8 Å². The van der Waals surface area contributed by atoms with E-state index in [1.807, 2.05) is 20.8 Å². The number of terminal acetylenes is 1. The third-order valence-electron chi connectivity index (χ3n) is 7.90. The standard InChI is InChI=1S/C26H38N4O4/c1-6-8-9-18(20(31)23(33)28-14-7-2)29-22(32)19-16-10-11-26(12-13-26)17(16)15-30(19)24(34)21(27)25(3,4)5/h1,7,16-19,21H,2,8-15,27H2,3-5H3,(H,28,33)(H,29,32)/t16-,17-,18?,19-,21+/m0/s1. The molecule has 0 aromatic rings. The first-order valence-electron chi connectivity index (χ1n) is 12.2. The molecule has 0 bridgehead atoms. The highest BCUT2D eigenvalue weighted by Gasteiger charge is 2.63. The van der Waals surface area contributed by atoms with E-state index in [-0.39, 0.29) is 42.5 Å². The van der Waals surface area contributed by atoms with Gasteiger partial charge in [0.2, 0.25) is 17.6 Å². The summed E-state index contributed by atoms with van der Waals surface area (Å²) in [6.07, 6.45) is 11.4. The first-order chi connectivity index (χ1) is 16.0. The van der Waals surface area contributed by atoms with Gasteiger partial charge >= 0.3 is 0 Å². The Balaban J connectivity index is 1.83. The topological polar surface area (TPSA) is 122 Å². The maximum atomic E-state index is 13.6. The zero-order valence-corrected chi connectivity index (χ0v) is 20.6. The molecule has 8 heteroatoms. The summed E-state index contributed by atoms with van der Waals surface area (Å²) in [4.78, 5) is 53.7. The van der Waals surface area contributed by atoms with Crippen molar-refractivity contribution in [1.82, 2.24) is 15.5 Å². The van der Waals surface area contributed by atoms with Gasteiger partial charge in [0.15, 0.2) is 0 Å². The molecule has 3 amide bonds. The number of nitrogens with one attached hydrogen (secondary N) is 2. The Morgan fingerprint density at radius 1 is 1.26 bits per heavy atom. The second-order valence-corrected chi connectivity index (χ2v) is 11.1. The third kappa shape index (κ3) is 5.05. The van der Waals surface area contributed by atoms with Gasteiger partial charge in [-0.2, -0.15) is 0 Å². The number of fused-ring (bicyclic) bond motifs is 2. The molecule has 5 atom stereocenters. The van der Waals surface area contributed by atoms with Crippen molar-refractivity contribution < 1.29 is 19.2 Å². The minimum atomic E-state index is -1.06. The molecule has 1 heterocycles. The van der Waals surface area contributed by atoms with Crippen LogP contribution >= 0.6 is 0 Å². The van der Waals surface area contributed by atoms with Gasteiger partial charge in [-0.3, -0.25) is 19.2 Å². The summed E-state index contributed by atoms with van der Waals surface area (Å²) in [5.74, 6) is 0.537. The minimum Gasteiger partial charge on any atom is -0.346 e. The maximum Gasteiger partial charge on any atom is 0.289 e. The lowest BCUT2D eigenvalue weighted by molar-refractivity contribution is -0.144. The number of carbonyl (C=O) groups is 4. The number of ketones is 1. The fourth-order valence-corrected chi connectivity index (χ4v) is 5.62. The molecule has 4 N–H and O–H groups in total. The Morgan fingerprint density at radius 2 is 1.94 bits per heavy atom. The van der Waals surface area contributed by atoms with Crippen LogP contribution < -0.4 is 16.4 Å². The minimum absolute atomic E-state index is 0.0246. The Kier molecular flexibility index (Phi) is 7.56. The predicted molar refractivity (Wildman–Crippen MR) is 129 cm³/mol. The summed E-state index contributed by atoms with van der Waals surface area (Å²) < 4.78 is 0. The number of carbonyl (C=O) groups excluding carboxylic acids is 4. The normalized spacial score (nSPS) is 26.2. The quantitative estimate of drug-likeness (QED) is 0.265. The summed E-state index contributed by atoms with van der Waals surface area (Å²) in [6.45, 7) is 9.88. The Hall–Kier alpha value is -2.66. The summed E-state index contributed by atoms with van der Waals surface area (Å²) in [6, 6.07) is -2.51. The van der Waals surface area contributed by atoms with Crippen LogP contribution in [0.15, 0.2) is 12.7 Å². The number of nitrogens with two attached hydrogens (primary N) is 1. The van der Waals surface area contributed by atoms with E-state index < -0.39 is 41.1 Å². The number of nitrogens with zero attached hydrogens (tertiary/aromatic N) is 1. The van der Waals surface area contributed by atoms with Crippen molar-refractivity contribution in [3.63, 3.8) is 0 Å². The van der Waals surface area contributed by atoms with Gasteiger partial charge < -0.3 is 21.3 Å². The van der Waals surface area contributed by atoms with E-state index in [0.29, 0.717) is 6.54 Å². The molecule has 2 aliphatic carbocycles. The predicted octanol–water partition coefficient (Wildman–Crippen LogP) is 1.15. The molecule has 2 saturated carbocycles. The molecule has 1 spiro atoms. The second-order valence-electron chi connectivity index (χ2n) is 11.1. The maximum absolute atomic E-state index is 13.6. The van der Waals surface area contributed by atoms with Crippen LogP contribution in [-0.4, -0.2) is 59.6 Å². The van der Waals surface area contributed by atoms with Crippen LogP contribution in [0.25, 0.3) is 0 Å². The summed E-state index contributed by atoms with van der Waals surface area (Å²) in [7, 11) is 0. The van der Waals surface area contributed by atoms with E-state index >= 15 is 0 Å². The molecule has 1 unspecified atom stereocenters. The van der Waals surface area contributed by atoms with E-state index in [1.165, 1.54) is 6.08 Å². The zero-order valence-electron chi connectivity index (χ0n) is 20.6. The number of hydrogen-bond acceptors (Lipinski definition) is 5. The fraction of sp³-hybridized carbons (Fsp3) is 0.692. The van der Waals surface area contributed by atoms with Gasteiger partial charge in [0.1, 0.15) is 6.04 Å². The molecule has 3 aliphatic rings. The Morgan fingerprint density at radius 3 is 2.50 bits per heavy atom. The largest absolute Gasteiger partial charge is 0.346 e. The molecule has 0 aromatic carbocycles. The zero-order chi connectivity index (χ0) is 25.3. The number of likely N-dealkylation sites (tertiary alicyclic amines) is 1. The first kappa shape index (κ1) is 26.0. The van der Waals surface area contributed by atoms with Crippen LogP contribution in [0, 0.1) is 35.0 Å². The van der Waals surface area contributed by atoms with Crippen LogP contribution in [0.4, 0.5) is 0 Å². The number of amides is 3. The van der Waals surface area contributed by atoms with E-state index in [9.17, 15) is 19.2 Å². The SMILES string of the molecule is C#CCCC(NC(=O)[C@@H]1[C@H]2CCC3(CC3)[C@H]2CN1C(=O)[C@@H](N)C(C)(C)C)C(=O)C(=O)NCC=C. The van der Waals surface area contributed by atoms with Crippen molar-refractivity contribution in [2.45, 2.75) is 77.4 Å². The number of Topliss-reactive ketones (excluding diaryl/α,β-unsaturated/α-hetero) is 1. The van der Waals surface area contributed by atoms with Gasteiger partial charge in [-0.05, 0) is 54.8 Å². The average molecular weight is 471 g/mol. The molecule has 8 nitrogen and oxygen atoms in total. The highest BCUT2D eigenvalue weighted by atomic mass is 16.2. The Bertz CT molecular complexity index is 895. The van der Waals surface area contributed by atoms with Gasteiger partial charge in [0.05, 0.1) is 12.1 Å². The van der Waals surface area contributed by atoms with Gasteiger partial charge in [0, 0.05) is 19.5 Å². The summed E-state index contributed by atoms with van der Waals surface area (Å²) in [5.41, 5.74) is 6.08. The van der Waals surface area contributed by atoms with E-state index in [1.54, 1.807) is 4.90 Å². The third-order valence-corrected chi connectivity index (χ3v) is 7.90. The van der Waals surface area contributed by atoms with Crippen LogP contribution in [-0.2, 0) is 19.2 Å². The fourth-order valence-electron chi connectivity index (χ4n) is 5.62. The lowest BCUT2D eigenvalue weighted by atomic mass is 9.86. The monoisotopic (exact) mass is 470 g/mol. The van der Waals surface area contributed by atoms with E-state index in [0.717, 1.165) is 25.7 Å². The van der Waals surface area contributed by atoms with Crippen LogP contribution in [0.2, 0.25) is 0 Å². The average Bonchev–Trinajstić information content (AvgIpc) is 3.36. The Labute approximate surface area is 202 Å². The van der Waals surface area contributed by atoms with Crippen molar-refractivity contribution in [2.24, 2.45) is 28.4 Å². The van der Waals surface area contributed by atoms with Gasteiger partial charge in [-0.25, -0.2) is 0 Å². The smallest absolute Gasteiger partial charge is 0.289 e. The van der Waals surface area contributed by atoms with Crippen molar-refractivity contribution in [2.75, 3.05) is 13.1 Å². The molecule has 1 saturated heterocycles. The molecule has 1 aliphatic heterocycles.